The maximum absolute atomic E-state index is 13.1. The highest BCUT2D eigenvalue weighted by Crippen LogP contribution is 2.25. The van der Waals surface area contributed by atoms with Crippen LogP contribution < -0.4 is 21.3 Å². The van der Waals surface area contributed by atoms with E-state index in [0.29, 0.717) is 69.0 Å². The molecule has 0 bridgehead atoms. The molecule has 0 aliphatic carbocycles. The summed E-state index contributed by atoms with van der Waals surface area (Å²) in [5, 5.41) is 32.3. The van der Waals surface area contributed by atoms with Gasteiger partial charge in [-0.3, -0.25) is 20.4 Å². The largest absolute Gasteiger partial charge is 0.465 e. The SMILES string of the molecule is CCCCCCCCC(CCCCCC)CNC(=N)CCCCCN(CCCCCC(=N)NCC(CCCCCC)CCCCCCCC)CCCOCCNCCOCCCNC(CCCCCC(=O)OCC(CCCCCC)CCCCCCCC)CCCCCC(=O)OCC(CCCCCC)CCCCCCCC. The third-order valence-electron chi connectivity index (χ3n) is 24.1. The Kier molecular flexibility index (Phi) is 89.1. The van der Waals surface area contributed by atoms with Gasteiger partial charge >= 0.3 is 11.9 Å². The second kappa shape index (κ2) is 91.0. The Balaban J connectivity index is 5.32. The van der Waals surface area contributed by atoms with Crippen LogP contribution in [0.25, 0.3) is 0 Å². The van der Waals surface area contributed by atoms with E-state index in [0.717, 1.165) is 180 Å². The Bertz CT molecular complexity index is 1670. The molecule has 0 aliphatic heterocycles. The van der Waals surface area contributed by atoms with E-state index < -0.39 is 0 Å². The molecule has 13 heteroatoms. The van der Waals surface area contributed by atoms with E-state index in [9.17, 15) is 9.59 Å². The molecule has 0 aromatic carbocycles. The van der Waals surface area contributed by atoms with Crippen molar-refractivity contribution in [1.82, 2.24) is 26.2 Å². The highest BCUT2D eigenvalue weighted by Gasteiger charge is 2.18. The summed E-state index contributed by atoms with van der Waals surface area (Å²) in [5.74, 6) is 3.85. The molecule has 0 aromatic rings. The van der Waals surface area contributed by atoms with Crippen LogP contribution in [0, 0.1) is 34.5 Å². The lowest BCUT2D eigenvalue weighted by Gasteiger charge is -2.23. The van der Waals surface area contributed by atoms with Crippen molar-refractivity contribution in [3.05, 3.63) is 0 Å². The minimum atomic E-state index is -0.0125. The fourth-order valence-corrected chi connectivity index (χ4v) is 16.4. The smallest absolute Gasteiger partial charge is 0.305 e. The number of hydrogen-bond donors (Lipinski definition) is 6. The van der Waals surface area contributed by atoms with E-state index >= 15 is 0 Å². The number of unbranched alkanes of at least 4 members (excludes halogenated alkanes) is 40. The molecule has 0 fully saturated rings. The molecule has 4 unspecified atom stereocenters. The molecule has 0 saturated heterocycles. The van der Waals surface area contributed by atoms with Crippen molar-refractivity contribution in [3.8, 4) is 0 Å². The zero-order valence-corrected chi connectivity index (χ0v) is 76.8. The fraction of sp³-hybridized carbons (Fsp3) is 0.960. The van der Waals surface area contributed by atoms with E-state index in [1.165, 1.54) is 321 Å². The number of carbonyl (C=O) groups is 2. The lowest BCUT2D eigenvalue weighted by atomic mass is 9.94. The van der Waals surface area contributed by atoms with Crippen molar-refractivity contribution in [2.75, 3.05) is 92.0 Å². The number of nitrogens with zero attached hydrogens (tertiary/aromatic N) is 1. The summed E-state index contributed by atoms with van der Waals surface area (Å²) in [6.45, 7) is 30.2. The molecule has 0 spiro atoms. The Morgan fingerprint density at radius 3 is 0.893 bits per heavy atom. The number of hydrogen-bond acceptors (Lipinski definition) is 11. The van der Waals surface area contributed by atoms with Crippen molar-refractivity contribution in [1.29, 1.82) is 10.8 Å². The highest BCUT2D eigenvalue weighted by molar-refractivity contribution is 5.79. The summed E-state index contributed by atoms with van der Waals surface area (Å²) in [6, 6.07) is 0.411. The van der Waals surface area contributed by atoms with Crippen LogP contribution >= 0.6 is 0 Å². The molecule has 666 valence electrons. The van der Waals surface area contributed by atoms with Gasteiger partial charge in [0.25, 0.3) is 0 Å². The highest BCUT2D eigenvalue weighted by atomic mass is 16.5. The first-order valence-corrected chi connectivity index (χ1v) is 50.3. The van der Waals surface area contributed by atoms with E-state index in [1.54, 1.807) is 0 Å². The van der Waals surface area contributed by atoms with E-state index in [2.05, 4.69) is 81.6 Å². The van der Waals surface area contributed by atoms with Crippen LogP contribution in [-0.4, -0.2) is 127 Å². The molecule has 0 amide bonds. The van der Waals surface area contributed by atoms with Crippen LogP contribution in [0.3, 0.4) is 0 Å². The predicted molar refractivity (Wildman–Crippen MR) is 489 cm³/mol. The number of nitrogens with one attached hydrogen (secondary N) is 6. The third kappa shape index (κ3) is 81.4. The number of esters is 2. The van der Waals surface area contributed by atoms with Gasteiger partial charge in [-0.2, -0.15) is 0 Å². The molecule has 4 atom stereocenters. The van der Waals surface area contributed by atoms with E-state index in [-0.39, 0.29) is 11.9 Å². The standard InChI is InChI=1S/C99H199N7O6/c1-9-17-25-33-37-49-65-91(63-45-29-21-13-5)87-104-96(100)73-55-43-59-80-106(81-60-44-56-74-97(101)105-88-92(64-46-30-22-14-6)66-50-38-34-26-18-10-2)82-62-84-110-86-79-102-78-85-109-83-61-77-103-95(71-53-41-57-75-98(107)111-89-93(67-47-31-23-15-7)69-51-39-35-27-19-11-3)72-54-42-58-76-99(108)112-90-94(68-48-32-24-16-8)70-52-40-36-28-20-12-4/h91-95,102-103H,9-90H2,1-8H3,(H2,100,104)(H2,101,105). The lowest BCUT2D eigenvalue weighted by Crippen LogP contribution is -2.31. The predicted octanol–water partition coefficient (Wildman–Crippen LogP) is 28.2. The van der Waals surface area contributed by atoms with Crippen LogP contribution in [-0.2, 0) is 28.5 Å². The Labute approximate surface area is 699 Å². The van der Waals surface area contributed by atoms with Gasteiger partial charge < -0.3 is 45.1 Å². The van der Waals surface area contributed by atoms with Gasteiger partial charge in [0.05, 0.1) is 38.1 Å². The Morgan fingerprint density at radius 2 is 0.545 bits per heavy atom. The van der Waals surface area contributed by atoms with Crippen molar-refractivity contribution in [2.24, 2.45) is 23.7 Å². The average molecular weight is 1580 g/mol. The molecule has 0 heterocycles. The van der Waals surface area contributed by atoms with Gasteiger partial charge in [0.15, 0.2) is 0 Å². The molecular formula is C99H199N7O6. The zero-order valence-electron chi connectivity index (χ0n) is 76.8. The summed E-state index contributed by atoms with van der Waals surface area (Å²) in [4.78, 5) is 28.8. The summed E-state index contributed by atoms with van der Waals surface area (Å²) < 4.78 is 24.3. The van der Waals surface area contributed by atoms with Gasteiger partial charge in [-0.15, -0.1) is 0 Å². The van der Waals surface area contributed by atoms with Crippen LogP contribution in [0.2, 0.25) is 0 Å². The van der Waals surface area contributed by atoms with E-state index in [4.69, 9.17) is 29.8 Å². The van der Waals surface area contributed by atoms with Crippen LogP contribution in [0.1, 0.15) is 492 Å². The Hall–Kier alpha value is -2.32. The summed E-state index contributed by atoms with van der Waals surface area (Å²) >= 11 is 0. The molecule has 6 N–H and O–H groups in total. The quantitative estimate of drug-likeness (QED) is 0.0148. The molecule has 13 nitrogen and oxygen atoms in total. The van der Waals surface area contributed by atoms with Gasteiger partial charge in [0, 0.05) is 77.7 Å². The van der Waals surface area contributed by atoms with Gasteiger partial charge in [-0.1, -0.05) is 351 Å². The monoisotopic (exact) mass is 1580 g/mol. The van der Waals surface area contributed by atoms with Gasteiger partial charge in [-0.25, -0.2) is 0 Å². The topological polar surface area (TPSA) is 170 Å². The first-order valence-electron chi connectivity index (χ1n) is 50.3. The van der Waals surface area contributed by atoms with Crippen molar-refractivity contribution < 1.29 is 28.5 Å². The molecule has 112 heavy (non-hydrogen) atoms. The fourth-order valence-electron chi connectivity index (χ4n) is 16.4. The third-order valence-corrected chi connectivity index (χ3v) is 24.1. The van der Waals surface area contributed by atoms with E-state index in [1.807, 2.05) is 0 Å². The van der Waals surface area contributed by atoms with Crippen molar-refractivity contribution >= 4 is 23.6 Å². The first kappa shape index (κ1) is 110. The van der Waals surface area contributed by atoms with Gasteiger partial charge in [0.1, 0.15) is 0 Å². The van der Waals surface area contributed by atoms with Gasteiger partial charge in [-0.05, 0) is 159 Å². The lowest BCUT2D eigenvalue weighted by molar-refractivity contribution is -0.146. The number of carbonyl (C=O) groups excluding carboxylic acids is 2. The summed E-state index contributed by atoms with van der Waals surface area (Å²) in [6.07, 6.45) is 82.5. The second-order valence-corrected chi connectivity index (χ2v) is 35.2. The van der Waals surface area contributed by atoms with Crippen LogP contribution in [0.5, 0.6) is 0 Å². The molecule has 0 saturated carbocycles. The van der Waals surface area contributed by atoms with Crippen LogP contribution in [0.15, 0.2) is 0 Å². The number of rotatable bonds is 95. The second-order valence-electron chi connectivity index (χ2n) is 35.2. The molecule has 0 radical (unpaired) electrons. The molecule has 0 rings (SSSR count). The minimum absolute atomic E-state index is 0.0125. The van der Waals surface area contributed by atoms with Crippen molar-refractivity contribution in [3.63, 3.8) is 0 Å². The molecule has 0 aromatic heterocycles. The normalized spacial score (nSPS) is 13.1. The number of amidine groups is 2. The first-order chi connectivity index (χ1) is 55.1. The minimum Gasteiger partial charge on any atom is -0.465 e. The maximum atomic E-state index is 13.1. The van der Waals surface area contributed by atoms with Crippen molar-refractivity contribution in [2.45, 2.75) is 498 Å². The maximum Gasteiger partial charge on any atom is 0.305 e. The summed E-state index contributed by atoms with van der Waals surface area (Å²) in [5.41, 5.74) is 0. The average Bonchev–Trinajstić information content (AvgIpc) is 1.00. The molecule has 0 aliphatic rings. The summed E-state index contributed by atoms with van der Waals surface area (Å²) in [7, 11) is 0. The van der Waals surface area contributed by atoms with Crippen LogP contribution in [0.4, 0.5) is 0 Å². The zero-order chi connectivity index (χ0) is 81.4. The van der Waals surface area contributed by atoms with Gasteiger partial charge in [0.2, 0.25) is 0 Å². The number of ether oxygens (including phenoxy) is 4. The Morgan fingerprint density at radius 1 is 0.277 bits per heavy atom. The molecular weight excluding hydrogens is 1380 g/mol.